The van der Waals surface area contributed by atoms with Crippen molar-refractivity contribution in [2.24, 2.45) is 0 Å². The highest BCUT2D eigenvalue weighted by Gasteiger charge is 2.33. The van der Waals surface area contributed by atoms with Crippen molar-refractivity contribution >= 4 is 40.1 Å². The molecule has 9 rings (SSSR count). The predicted octanol–water partition coefficient (Wildman–Crippen LogP) is 13.8. The minimum absolute atomic E-state index is 0.358. The summed E-state index contributed by atoms with van der Waals surface area (Å²) in [5, 5.41) is 6.94. The Morgan fingerprint density at radius 1 is 0.283 bits per heavy atom. The van der Waals surface area contributed by atoms with Crippen LogP contribution in [0.3, 0.4) is 0 Å². The molecule has 53 heavy (non-hydrogen) atoms. The Labute approximate surface area is 308 Å². The second-order valence-corrected chi connectivity index (χ2v) is 14.3. The number of fused-ring (bicyclic) bond motifs is 3. The topological polar surface area (TPSA) is 44.8 Å². The molecule has 0 aromatic heterocycles. The van der Waals surface area contributed by atoms with Gasteiger partial charge in [-0.1, -0.05) is 164 Å². The van der Waals surface area contributed by atoms with Crippen LogP contribution in [0.4, 0.5) is 0 Å². The Balaban J connectivity index is 1.02. The van der Waals surface area contributed by atoms with E-state index in [-0.39, 0.29) is 0 Å². The summed E-state index contributed by atoms with van der Waals surface area (Å²) in [5.74, 6) is 1.08. The van der Waals surface area contributed by atoms with E-state index in [2.05, 4.69) is 91.0 Å². The van der Waals surface area contributed by atoms with Crippen LogP contribution in [0, 0.1) is 0 Å². The van der Waals surface area contributed by atoms with Gasteiger partial charge in [-0.3, -0.25) is 0 Å². The Kier molecular flexibility index (Phi) is 8.44. The molecule has 0 heterocycles. The fraction of sp³-hybridized carbons (Fsp3) is 0. The average molecular weight is 705 g/mol. The molecule has 0 aliphatic rings. The van der Waals surface area contributed by atoms with Crippen LogP contribution >= 0.6 is 7.82 Å². The molecule has 0 N–H and O–H groups in total. The smallest absolute Gasteiger partial charge is 0.386 e. The first kappa shape index (κ1) is 32.3. The van der Waals surface area contributed by atoms with E-state index in [9.17, 15) is 4.57 Å². The molecule has 0 bridgehead atoms. The van der Waals surface area contributed by atoms with Gasteiger partial charge < -0.3 is 13.6 Å². The summed E-state index contributed by atoms with van der Waals surface area (Å²) in [4.78, 5) is 0. The molecule has 0 amide bonds. The molecule has 0 saturated carbocycles. The van der Waals surface area contributed by atoms with E-state index in [0.717, 1.165) is 65.7 Å². The largest absolute Gasteiger partial charge is 0.647 e. The summed E-state index contributed by atoms with van der Waals surface area (Å²) in [6.45, 7) is 0. The van der Waals surface area contributed by atoms with Gasteiger partial charge in [0, 0.05) is 0 Å². The molecule has 5 heteroatoms. The monoisotopic (exact) mass is 704 g/mol. The van der Waals surface area contributed by atoms with Gasteiger partial charge in [0.15, 0.2) is 0 Å². The lowest BCUT2D eigenvalue weighted by Crippen LogP contribution is -2.07. The zero-order valence-electron chi connectivity index (χ0n) is 28.6. The van der Waals surface area contributed by atoms with E-state index < -0.39 is 7.82 Å². The van der Waals surface area contributed by atoms with Crippen LogP contribution in [-0.2, 0) is 4.57 Å². The van der Waals surface area contributed by atoms with Crippen LogP contribution in [0.2, 0.25) is 0 Å². The highest BCUT2D eigenvalue weighted by molar-refractivity contribution is 7.49. The van der Waals surface area contributed by atoms with Gasteiger partial charge in [-0.2, -0.15) is 4.57 Å². The summed E-state index contributed by atoms with van der Waals surface area (Å²) in [5.41, 5.74) is 6.34. The van der Waals surface area contributed by atoms with Crippen molar-refractivity contribution in [3.8, 4) is 50.6 Å². The van der Waals surface area contributed by atoms with E-state index in [4.69, 9.17) is 13.6 Å². The van der Waals surface area contributed by atoms with Gasteiger partial charge in [-0.05, 0) is 102 Å². The Morgan fingerprint density at radius 2 is 0.547 bits per heavy atom. The Morgan fingerprint density at radius 3 is 0.849 bits per heavy atom. The van der Waals surface area contributed by atoms with Crippen LogP contribution in [0.1, 0.15) is 0 Å². The molecule has 0 atom stereocenters. The minimum atomic E-state index is -4.26. The van der Waals surface area contributed by atoms with Gasteiger partial charge in [0.1, 0.15) is 17.2 Å². The molecule has 0 unspecified atom stereocenters. The fourth-order valence-corrected chi connectivity index (χ4v) is 8.21. The molecule has 0 spiro atoms. The van der Waals surface area contributed by atoms with E-state index >= 15 is 0 Å². The van der Waals surface area contributed by atoms with E-state index in [1.54, 1.807) is 36.4 Å². The van der Waals surface area contributed by atoms with Crippen LogP contribution in [0.5, 0.6) is 17.2 Å². The maximum atomic E-state index is 14.6. The molecular formula is C48H33O4P. The molecule has 254 valence electrons. The highest BCUT2D eigenvalue weighted by Crippen LogP contribution is 2.50. The number of hydrogen-bond acceptors (Lipinski definition) is 4. The lowest BCUT2D eigenvalue weighted by molar-refractivity contribution is 0.298. The van der Waals surface area contributed by atoms with Crippen LogP contribution < -0.4 is 13.6 Å². The zero-order chi connectivity index (χ0) is 35.6. The van der Waals surface area contributed by atoms with Gasteiger partial charge in [0.2, 0.25) is 0 Å². The Hall–Kier alpha value is -6.61. The van der Waals surface area contributed by atoms with Crippen molar-refractivity contribution in [3.63, 3.8) is 0 Å². The van der Waals surface area contributed by atoms with Crippen molar-refractivity contribution in [1.82, 2.24) is 0 Å². The number of hydrogen-bond donors (Lipinski definition) is 0. The van der Waals surface area contributed by atoms with Crippen molar-refractivity contribution in [1.29, 1.82) is 0 Å². The molecule has 9 aromatic carbocycles. The fourth-order valence-electron chi connectivity index (χ4n) is 6.96. The van der Waals surface area contributed by atoms with Gasteiger partial charge >= 0.3 is 7.82 Å². The van der Waals surface area contributed by atoms with Crippen LogP contribution in [0.15, 0.2) is 200 Å². The molecule has 0 saturated heterocycles. The first-order chi connectivity index (χ1) is 26.1. The van der Waals surface area contributed by atoms with Crippen molar-refractivity contribution in [2.45, 2.75) is 0 Å². The summed E-state index contributed by atoms with van der Waals surface area (Å²) in [6.07, 6.45) is 0. The van der Waals surface area contributed by atoms with Crippen molar-refractivity contribution in [2.75, 3.05) is 0 Å². The number of rotatable bonds is 9. The molecule has 0 aliphatic heterocycles. The quantitative estimate of drug-likeness (QED) is 0.140. The van der Waals surface area contributed by atoms with Crippen LogP contribution in [-0.4, -0.2) is 0 Å². The molecule has 9 aromatic rings. The maximum absolute atomic E-state index is 14.6. The predicted molar refractivity (Wildman–Crippen MR) is 218 cm³/mol. The summed E-state index contributed by atoms with van der Waals surface area (Å²) in [6, 6.07) is 66.1. The van der Waals surface area contributed by atoms with E-state index in [0.29, 0.717) is 17.2 Å². The highest BCUT2D eigenvalue weighted by atomic mass is 31.2. The summed E-state index contributed by atoms with van der Waals surface area (Å²) < 4.78 is 33.1. The second-order valence-electron chi connectivity index (χ2n) is 12.9. The Bertz CT molecular complexity index is 2450. The normalized spacial score (nSPS) is 11.5. The molecule has 4 nitrogen and oxygen atoms in total. The minimum Gasteiger partial charge on any atom is -0.386 e. The number of phosphoric acid groups is 1. The molecule has 0 fully saturated rings. The molecule has 0 radical (unpaired) electrons. The standard InChI is InChI=1S/C48H33O4P/c49-53(50-40-28-22-37(23-29-40)46-19-7-13-34-10-1-4-16-43(34)46,51-41-30-24-38(25-31-41)47-20-8-14-35-11-2-5-17-44(35)47)52-42-32-26-39(27-33-42)48-21-9-15-36-12-3-6-18-45(36)48/h1-33H. The summed E-state index contributed by atoms with van der Waals surface area (Å²) >= 11 is 0. The molecular weight excluding hydrogens is 671 g/mol. The third kappa shape index (κ3) is 6.65. The second kappa shape index (κ2) is 13.8. The first-order valence-corrected chi connectivity index (χ1v) is 19.0. The third-order valence-corrected chi connectivity index (χ3v) is 10.8. The summed E-state index contributed by atoms with van der Waals surface area (Å²) in [7, 11) is -4.26. The lowest BCUT2D eigenvalue weighted by atomic mass is 9.98. The zero-order valence-corrected chi connectivity index (χ0v) is 29.5. The van der Waals surface area contributed by atoms with Gasteiger partial charge in [0.25, 0.3) is 0 Å². The number of phosphoric ester groups is 1. The van der Waals surface area contributed by atoms with E-state index in [1.165, 1.54) is 0 Å². The van der Waals surface area contributed by atoms with Gasteiger partial charge in [-0.25, -0.2) is 0 Å². The lowest BCUT2D eigenvalue weighted by Gasteiger charge is -2.20. The van der Waals surface area contributed by atoms with Gasteiger partial charge in [0.05, 0.1) is 0 Å². The average Bonchev–Trinajstić information content (AvgIpc) is 3.21. The molecule has 0 aliphatic carbocycles. The van der Waals surface area contributed by atoms with E-state index in [1.807, 2.05) is 72.8 Å². The van der Waals surface area contributed by atoms with Crippen LogP contribution in [0.25, 0.3) is 65.7 Å². The van der Waals surface area contributed by atoms with Crippen molar-refractivity contribution < 1.29 is 18.1 Å². The first-order valence-electron chi connectivity index (χ1n) is 17.5. The van der Waals surface area contributed by atoms with Gasteiger partial charge in [-0.15, -0.1) is 0 Å². The van der Waals surface area contributed by atoms with Crippen molar-refractivity contribution in [3.05, 3.63) is 200 Å². The third-order valence-electron chi connectivity index (χ3n) is 9.52. The number of benzene rings is 9. The maximum Gasteiger partial charge on any atom is 0.647 e. The SMILES string of the molecule is O=P(Oc1ccc(-c2cccc3ccccc23)cc1)(Oc1ccc(-c2cccc3ccccc23)cc1)Oc1ccc(-c2cccc3ccccc23)cc1.